The summed E-state index contributed by atoms with van der Waals surface area (Å²) in [6, 6.07) is 7.55. The molecule has 0 radical (unpaired) electrons. The predicted molar refractivity (Wildman–Crippen MR) is 63.6 cm³/mol. The molecule has 4 heteroatoms. The number of hydrazone groups is 1. The minimum absolute atomic E-state index is 0.527. The summed E-state index contributed by atoms with van der Waals surface area (Å²) in [5.74, 6) is 0.856. The van der Waals surface area contributed by atoms with Crippen molar-refractivity contribution in [3.05, 3.63) is 29.8 Å². The Hall–Kier alpha value is -1.84. The maximum absolute atomic E-state index is 9.95. The molecule has 0 saturated heterocycles. The molecule has 0 bridgehead atoms. The Bertz CT molecular complexity index is 333. The first kappa shape index (κ1) is 12.2. The monoisotopic (exact) mass is 220 g/mol. The standard InChI is InChI=1S/C12H16N2O2/c1-2-3-8-16-12-6-4-11(5-7-12)9-13-14-10-15/h4-7,9-10H,2-3,8H2,1H3,(H,14,15). The average Bonchev–Trinajstić information content (AvgIpc) is 2.32. The van der Waals surface area contributed by atoms with Crippen molar-refractivity contribution in [1.29, 1.82) is 0 Å². The van der Waals surface area contributed by atoms with Gasteiger partial charge in [0.05, 0.1) is 12.8 Å². The number of nitrogens with one attached hydrogen (secondary N) is 1. The Morgan fingerprint density at radius 3 is 2.75 bits per heavy atom. The molecule has 0 aromatic heterocycles. The van der Waals surface area contributed by atoms with Gasteiger partial charge in [0.25, 0.3) is 0 Å². The quantitative estimate of drug-likeness (QED) is 0.330. The molecule has 1 N–H and O–H groups in total. The van der Waals surface area contributed by atoms with Crippen LogP contribution in [0, 0.1) is 0 Å². The van der Waals surface area contributed by atoms with Crippen molar-refractivity contribution >= 4 is 12.6 Å². The van der Waals surface area contributed by atoms with Crippen LogP contribution in [0.4, 0.5) is 0 Å². The van der Waals surface area contributed by atoms with E-state index in [-0.39, 0.29) is 0 Å². The number of unbranched alkanes of at least 4 members (excludes halogenated alkanes) is 1. The second-order valence-electron chi connectivity index (χ2n) is 3.28. The van der Waals surface area contributed by atoms with E-state index in [1.54, 1.807) is 6.21 Å². The van der Waals surface area contributed by atoms with Gasteiger partial charge >= 0.3 is 0 Å². The van der Waals surface area contributed by atoms with Crippen molar-refractivity contribution in [3.8, 4) is 5.75 Å². The minimum atomic E-state index is 0.527. The number of benzene rings is 1. The number of carbonyl (C=O) groups is 1. The van der Waals surface area contributed by atoms with Crippen molar-refractivity contribution < 1.29 is 9.53 Å². The molecule has 1 amide bonds. The molecule has 0 unspecified atom stereocenters. The highest BCUT2D eigenvalue weighted by molar-refractivity contribution is 5.80. The van der Waals surface area contributed by atoms with Crippen molar-refractivity contribution in [2.75, 3.05) is 6.61 Å². The summed E-state index contributed by atoms with van der Waals surface area (Å²) in [4.78, 5) is 9.95. The molecule has 0 aliphatic carbocycles. The van der Waals surface area contributed by atoms with Crippen LogP contribution < -0.4 is 10.2 Å². The van der Waals surface area contributed by atoms with E-state index < -0.39 is 0 Å². The van der Waals surface area contributed by atoms with Crippen LogP contribution in [0.5, 0.6) is 5.75 Å². The van der Waals surface area contributed by atoms with E-state index in [9.17, 15) is 4.79 Å². The van der Waals surface area contributed by atoms with Crippen LogP contribution >= 0.6 is 0 Å². The van der Waals surface area contributed by atoms with Gasteiger partial charge in [0.2, 0.25) is 6.41 Å². The van der Waals surface area contributed by atoms with Gasteiger partial charge in [0, 0.05) is 0 Å². The van der Waals surface area contributed by atoms with E-state index in [0.29, 0.717) is 6.41 Å². The maximum atomic E-state index is 9.95. The Morgan fingerprint density at radius 2 is 2.12 bits per heavy atom. The highest BCUT2D eigenvalue weighted by Gasteiger charge is 1.93. The van der Waals surface area contributed by atoms with Gasteiger partial charge in [-0.25, -0.2) is 5.43 Å². The fraction of sp³-hybridized carbons (Fsp3) is 0.333. The van der Waals surface area contributed by atoms with Crippen LogP contribution in [-0.2, 0) is 4.79 Å². The second kappa shape index (κ2) is 7.45. The van der Waals surface area contributed by atoms with Crippen LogP contribution in [-0.4, -0.2) is 19.2 Å². The van der Waals surface area contributed by atoms with Crippen LogP contribution in [0.25, 0.3) is 0 Å². The Balaban J connectivity index is 2.44. The molecule has 1 aromatic carbocycles. The fourth-order valence-corrected chi connectivity index (χ4v) is 1.13. The van der Waals surface area contributed by atoms with Crippen molar-refractivity contribution in [1.82, 2.24) is 5.43 Å². The van der Waals surface area contributed by atoms with E-state index in [0.717, 1.165) is 30.8 Å². The zero-order valence-electron chi connectivity index (χ0n) is 9.35. The molecule has 1 rings (SSSR count). The Labute approximate surface area is 95.3 Å². The zero-order chi connectivity index (χ0) is 11.6. The van der Waals surface area contributed by atoms with Crippen LogP contribution in [0.3, 0.4) is 0 Å². The van der Waals surface area contributed by atoms with Gasteiger partial charge in [0.15, 0.2) is 0 Å². The topological polar surface area (TPSA) is 50.7 Å². The molecule has 0 saturated carbocycles. The summed E-state index contributed by atoms with van der Waals surface area (Å²) in [6.45, 7) is 2.87. The largest absolute Gasteiger partial charge is 0.494 e. The highest BCUT2D eigenvalue weighted by Crippen LogP contribution is 2.11. The fourth-order valence-electron chi connectivity index (χ4n) is 1.13. The van der Waals surface area contributed by atoms with Gasteiger partial charge in [-0.05, 0) is 36.2 Å². The summed E-state index contributed by atoms with van der Waals surface area (Å²) in [5.41, 5.74) is 3.12. The number of nitrogens with zero attached hydrogens (tertiary/aromatic N) is 1. The first-order valence-electron chi connectivity index (χ1n) is 5.32. The Morgan fingerprint density at radius 1 is 1.38 bits per heavy atom. The van der Waals surface area contributed by atoms with Gasteiger partial charge in [0.1, 0.15) is 5.75 Å². The number of hydrogen-bond acceptors (Lipinski definition) is 3. The van der Waals surface area contributed by atoms with Gasteiger partial charge in [-0.1, -0.05) is 13.3 Å². The molecule has 16 heavy (non-hydrogen) atoms. The van der Waals surface area contributed by atoms with Crippen LogP contribution in [0.2, 0.25) is 0 Å². The molecule has 0 aliphatic heterocycles. The number of amides is 1. The lowest BCUT2D eigenvalue weighted by atomic mass is 10.2. The molecular weight excluding hydrogens is 204 g/mol. The molecular formula is C12H16N2O2. The van der Waals surface area contributed by atoms with E-state index in [1.807, 2.05) is 24.3 Å². The zero-order valence-corrected chi connectivity index (χ0v) is 9.35. The maximum Gasteiger partial charge on any atom is 0.227 e. The van der Waals surface area contributed by atoms with E-state index in [2.05, 4.69) is 17.5 Å². The van der Waals surface area contributed by atoms with Crippen molar-refractivity contribution in [3.63, 3.8) is 0 Å². The summed E-state index contributed by atoms with van der Waals surface area (Å²) in [7, 11) is 0. The summed E-state index contributed by atoms with van der Waals surface area (Å²) in [6.07, 6.45) is 4.29. The van der Waals surface area contributed by atoms with Crippen LogP contribution in [0.1, 0.15) is 25.3 Å². The molecule has 0 spiro atoms. The third-order valence-electron chi connectivity index (χ3n) is 1.99. The van der Waals surface area contributed by atoms with Gasteiger partial charge in [-0.3, -0.25) is 4.79 Å². The Kier molecular flexibility index (Phi) is 5.70. The van der Waals surface area contributed by atoms with Gasteiger partial charge < -0.3 is 4.74 Å². The molecule has 4 nitrogen and oxygen atoms in total. The molecule has 1 aromatic rings. The molecule has 0 fully saturated rings. The van der Waals surface area contributed by atoms with Crippen molar-refractivity contribution in [2.45, 2.75) is 19.8 Å². The lowest BCUT2D eigenvalue weighted by Crippen LogP contribution is -2.00. The molecule has 0 heterocycles. The SMILES string of the molecule is CCCCOc1ccc(C=NNC=O)cc1. The second-order valence-corrected chi connectivity index (χ2v) is 3.28. The average molecular weight is 220 g/mol. The number of rotatable bonds is 7. The van der Waals surface area contributed by atoms with Gasteiger partial charge in [-0.2, -0.15) is 5.10 Å². The molecule has 0 atom stereocenters. The summed E-state index contributed by atoms with van der Waals surface area (Å²) >= 11 is 0. The van der Waals surface area contributed by atoms with E-state index >= 15 is 0 Å². The third-order valence-corrected chi connectivity index (χ3v) is 1.99. The lowest BCUT2D eigenvalue weighted by molar-refractivity contribution is -0.109. The first-order valence-corrected chi connectivity index (χ1v) is 5.32. The van der Waals surface area contributed by atoms with Crippen molar-refractivity contribution in [2.24, 2.45) is 5.10 Å². The van der Waals surface area contributed by atoms with E-state index in [1.165, 1.54) is 0 Å². The molecule has 0 aliphatic rings. The summed E-state index contributed by atoms with van der Waals surface area (Å²) in [5, 5.41) is 3.68. The number of carbonyl (C=O) groups excluding carboxylic acids is 1. The normalized spacial score (nSPS) is 10.3. The number of ether oxygens (including phenoxy) is 1. The smallest absolute Gasteiger partial charge is 0.227 e. The van der Waals surface area contributed by atoms with Crippen LogP contribution in [0.15, 0.2) is 29.4 Å². The third kappa shape index (κ3) is 4.59. The predicted octanol–water partition coefficient (Wildman–Crippen LogP) is 1.95. The number of hydrogen-bond donors (Lipinski definition) is 1. The summed E-state index contributed by atoms with van der Waals surface area (Å²) < 4.78 is 5.51. The first-order chi connectivity index (χ1) is 7.86. The van der Waals surface area contributed by atoms with E-state index in [4.69, 9.17) is 4.74 Å². The van der Waals surface area contributed by atoms with Gasteiger partial charge in [-0.15, -0.1) is 0 Å². The lowest BCUT2D eigenvalue weighted by Gasteiger charge is -2.04. The highest BCUT2D eigenvalue weighted by atomic mass is 16.5. The minimum Gasteiger partial charge on any atom is -0.494 e. The molecule has 86 valence electrons.